The molecule has 5 nitrogen and oxygen atoms in total. The number of ether oxygens (including phenoxy) is 1. The fourth-order valence-corrected chi connectivity index (χ4v) is 3.78. The number of amides is 1. The van der Waals surface area contributed by atoms with Gasteiger partial charge >= 0.3 is 0 Å². The summed E-state index contributed by atoms with van der Waals surface area (Å²) in [6, 6.07) is 11.3. The third-order valence-corrected chi connectivity index (χ3v) is 5.34. The summed E-state index contributed by atoms with van der Waals surface area (Å²) in [4.78, 5) is 17.3. The molecular weight excluding hydrogens is 359 g/mol. The molecule has 1 heterocycles. The molecule has 2 aromatic rings. The first-order valence-corrected chi connectivity index (χ1v) is 9.66. The number of benzene rings is 2. The zero-order chi connectivity index (χ0) is 20.1. The molecule has 6 heteroatoms. The van der Waals surface area contributed by atoms with E-state index in [0.717, 1.165) is 31.5 Å². The average Bonchev–Trinajstić information content (AvgIpc) is 3.15. The number of aromatic hydroxyl groups is 1. The average molecular weight is 386 g/mol. The van der Waals surface area contributed by atoms with Crippen molar-refractivity contribution < 1.29 is 19.0 Å². The molecule has 1 N–H and O–H groups in total. The van der Waals surface area contributed by atoms with Crippen LogP contribution in [-0.4, -0.2) is 53.6 Å². The summed E-state index contributed by atoms with van der Waals surface area (Å²) >= 11 is 0. The smallest absolute Gasteiger partial charge is 0.257 e. The van der Waals surface area contributed by atoms with E-state index in [1.165, 1.54) is 19.2 Å². The first kappa shape index (κ1) is 20.1. The topological polar surface area (TPSA) is 53.0 Å². The van der Waals surface area contributed by atoms with Gasteiger partial charge in [0.2, 0.25) is 0 Å². The molecule has 0 spiro atoms. The Morgan fingerprint density at radius 3 is 2.68 bits per heavy atom. The fourth-order valence-electron chi connectivity index (χ4n) is 3.78. The maximum Gasteiger partial charge on any atom is 0.257 e. The van der Waals surface area contributed by atoms with E-state index in [9.17, 15) is 14.3 Å². The van der Waals surface area contributed by atoms with Crippen LogP contribution in [0.3, 0.4) is 0 Å². The van der Waals surface area contributed by atoms with Gasteiger partial charge in [-0.05, 0) is 55.8 Å². The van der Waals surface area contributed by atoms with E-state index in [1.54, 1.807) is 35.2 Å². The molecule has 0 aromatic heterocycles. The first-order chi connectivity index (χ1) is 13.5. The summed E-state index contributed by atoms with van der Waals surface area (Å²) in [5.41, 5.74) is 0.932. The van der Waals surface area contributed by atoms with Gasteiger partial charge in [0, 0.05) is 25.2 Å². The van der Waals surface area contributed by atoms with Gasteiger partial charge in [-0.1, -0.05) is 19.1 Å². The van der Waals surface area contributed by atoms with Crippen molar-refractivity contribution >= 4 is 5.91 Å². The molecule has 0 bridgehead atoms. The second-order valence-corrected chi connectivity index (χ2v) is 7.12. The van der Waals surface area contributed by atoms with Gasteiger partial charge in [-0.3, -0.25) is 9.69 Å². The minimum absolute atomic E-state index is 0.0422. The third-order valence-electron chi connectivity index (χ3n) is 5.34. The number of halogens is 1. The van der Waals surface area contributed by atoms with Crippen molar-refractivity contribution in [3.63, 3.8) is 0 Å². The van der Waals surface area contributed by atoms with E-state index < -0.39 is 5.82 Å². The van der Waals surface area contributed by atoms with Gasteiger partial charge in [-0.2, -0.15) is 0 Å². The molecule has 1 aliphatic heterocycles. The number of methoxy groups -OCH3 is 1. The molecule has 28 heavy (non-hydrogen) atoms. The summed E-state index contributed by atoms with van der Waals surface area (Å²) in [6.45, 7) is 4.98. The van der Waals surface area contributed by atoms with Gasteiger partial charge in [0.15, 0.2) is 0 Å². The first-order valence-electron chi connectivity index (χ1n) is 9.66. The molecule has 0 aliphatic carbocycles. The van der Waals surface area contributed by atoms with Gasteiger partial charge in [-0.15, -0.1) is 0 Å². The van der Waals surface area contributed by atoms with Crippen molar-refractivity contribution in [3.8, 4) is 11.5 Å². The Morgan fingerprint density at radius 1 is 1.29 bits per heavy atom. The number of phenols is 1. The van der Waals surface area contributed by atoms with Gasteiger partial charge < -0.3 is 14.7 Å². The SMILES string of the molecule is CCN1CCC[C@@H]1CN(Cc1ccc(O)cc1)C(=O)c1ccc(OC)cc1F. The standard InChI is InChI=1S/C22H27FN2O3/c1-3-24-12-4-5-17(24)15-25(14-16-6-8-18(26)9-7-16)22(27)20-11-10-19(28-2)13-21(20)23/h6-11,13,17,26H,3-5,12,14-15H2,1-2H3/t17-/m1/s1. The Hall–Kier alpha value is -2.60. The highest BCUT2D eigenvalue weighted by atomic mass is 19.1. The minimum atomic E-state index is -0.584. The van der Waals surface area contributed by atoms with E-state index in [1.807, 2.05) is 0 Å². The van der Waals surface area contributed by atoms with Crippen molar-refractivity contribution in [2.24, 2.45) is 0 Å². The lowest BCUT2D eigenvalue weighted by Gasteiger charge is -2.30. The van der Waals surface area contributed by atoms with Gasteiger partial charge in [0.1, 0.15) is 17.3 Å². The number of rotatable bonds is 7. The van der Waals surface area contributed by atoms with Crippen LogP contribution in [0.2, 0.25) is 0 Å². The Labute approximate surface area is 165 Å². The highest BCUT2D eigenvalue weighted by Gasteiger charge is 2.28. The number of likely N-dealkylation sites (N-methyl/N-ethyl adjacent to an activating group) is 1. The van der Waals surface area contributed by atoms with Crippen LogP contribution >= 0.6 is 0 Å². The Balaban J connectivity index is 1.85. The number of carbonyl (C=O) groups excluding carboxylic acids is 1. The molecule has 0 unspecified atom stereocenters. The highest BCUT2D eigenvalue weighted by molar-refractivity contribution is 5.94. The summed E-state index contributed by atoms with van der Waals surface area (Å²) in [5, 5.41) is 9.51. The zero-order valence-electron chi connectivity index (χ0n) is 16.4. The normalized spacial score (nSPS) is 16.9. The number of hydrogen-bond donors (Lipinski definition) is 1. The zero-order valence-corrected chi connectivity index (χ0v) is 16.4. The monoisotopic (exact) mass is 386 g/mol. The molecule has 1 saturated heterocycles. The third kappa shape index (κ3) is 4.62. The lowest BCUT2D eigenvalue weighted by molar-refractivity contribution is 0.0687. The van der Waals surface area contributed by atoms with Crippen molar-refractivity contribution in [1.29, 1.82) is 0 Å². The summed E-state index contributed by atoms with van der Waals surface area (Å²) < 4.78 is 19.6. The van der Waals surface area contributed by atoms with E-state index >= 15 is 0 Å². The molecule has 2 aromatic carbocycles. The van der Waals surface area contributed by atoms with Gasteiger partial charge in [-0.25, -0.2) is 4.39 Å². The van der Waals surface area contributed by atoms with Crippen LogP contribution in [0.5, 0.6) is 11.5 Å². The molecule has 0 saturated carbocycles. The van der Waals surface area contributed by atoms with Crippen LogP contribution < -0.4 is 4.74 Å². The molecule has 1 fully saturated rings. The van der Waals surface area contributed by atoms with E-state index in [-0.39, 0.29) is 23.3 Å². The molecule has 1 atom stereocenters. The maximum absolute atomic E-state index is 14.5. The number of nitrogens with zero attached hydrogens (tertiary/aromatic N) is 2. The van der Waals surface area contributed by atoms with Crippen molar-refractivity contribution in [2.45, 2.75) is 32.4 Å². The van der Waals surface area contributed by atoms with Crippen molar-refractivity contribution in [3.05, 3.63) is 59.4 Å². The van der Waals surface area contributed by atoms with E-state index in [4.69, 9.17) is 4.74 Å². The number of carbonyl (C=O) groups is 1. The van der Waals surface area contributed by atoms with Gasteiger partial charge in [0.05, 0.1) is 12.7 Å². The quantitative estimate of drug-likeness (QED) is 0.789. The maximum atomic E-state index is 14.5. The van der Waals surface area contributed by atoms with Crippen LogP contribution in [0, 0.1) is 5.82 Å². The number of likely N-dealkylation sites (tertiary alicyclic amines) is 1. The minimum Gasteiger partial charge on any atom is -0.508 e. The second kappa shape index (κ2) is 9.06. The Bertz CT molecular complexity index is 810. The lowest BCUT2D eigenvalue weighted by atomic mass is 10.1. The second-order valence-electron chi connectivity index (χ2n) is 7.12. The molecule has 3 rings (SSSR count). The molecular formula is C22H27FN2O3. The summed E-state index contributed by atoms with van der Waals surface area (Å²) in [5.74, 6) is -0.363. The van der Waals surface area contributed by atoms with Crippen LogP contribution in [0.1, 0.15) is 35.7 Å². The summed E-state index contributed by atoms with van der Waals surface area (Å²) in [6.07, 6.45) is 2.13. The van der Waals surface area contributed by atoms with Gasteiger partial charge in [0.25, 0.3) is 5.91 Å². The Morgan fingerprint density at radius 2 is 2.04 bits per heavy atom. The Kier molecular flexibility index (Phi) is 6.52. The highest BCUT2D eigenvalue weighted by Crippen LogP contribution is 2.23. The van der Waals surface area contributed by atoms with Crippen molar-refractivity contribution in [2.75, 3.05) is 26.7 Å². The number of phenolic OH excluding ortho intramolecular Hbond substituents is 1. The van der Waals surface area contributed by atoms with E-state index in [2.05, 4.69) is 11.8 Å². The fraction of sp³-hybridized carbons (Fsp3) is 0.409. The van der Waals surface area contributed by atoms with Crippen LogP contribution in [0.15, 0.2) is 42.5 Å². The van der Waals surface area contributed by atoms with E-state index in [0.29, 0.717) is 18.8 Å². The lowest BCUT2D eigenvalue weighted by Crippen LogP contribution is -2.43. The predicted octanol–water partition coefficient (Wildman–Crippen LogP) is 3.67. The van der Waals surface area contributed by atoms with Crippen molar-refractivity contribution in [1.82, 2.24) is 9.80 Å². The largest absolute Gasteiger partial charge is 0.508 e. The predicted molar refractivity (Wildman–Crippen MR) is 106 cm³/mol. The van der Waals surface area contributed by atoms with Crippen LogP contribution in [0.25, 0.3) is 0 Å². The number of hydrogen-bond acceptors (Lipinski definition) is 4. The molecule has 0 radical (unpaired) electrons. The molecule has 1 aliphatic rings. The molecule has 1 amide bonds. The van der Waals surface area contributed by atoms with Crippen LogP contribution in [0.4, 0.5) is 4.39 Å². The summed E-state index contributed by atoms with van der Waals surface area (Å²) in [7, 11) is 1.47. The molecule has 150 valence electrons. The van der Waals surface area contributed by atoms with Crippen LogP contribution in [-0.2, 0) is 6.54 Å².